The molecule has 3 heterocycles. The van der Waals surface area contributed by atoms with Crippen LogP contribution in [-0.4, -0.2) is 47.9 Å². The van der Waals surface area contributed by atoms with Gasteiger partial charge in [-0.05, 0) is 23.8 Å². The maximum Gasteiger partial charge on any atom is 0.228 e. The molecule has 0 radical (unpaired) electrons. The Balaban J connectivity index is 1.54. The molecule has 1 aromatic heterocycles. The second-order valence-electron chi connectivity index (χ2n) is 7.04. The molecule has 1 N–H and O–H groups in total. The summed E-state index contributed by atoms with van der Waals surface area (Å²) in [5.74, 6) is -2.54. The summed E-state index contributed by atoms with van der Waals surface area (Å²) in [4.78, 5) is 32.8. The van der Waals surface area contributed by atoms with Gasteiger partial charge in [0.2, 0.25) is 11.8 Å². The molecule has 2 unspecified atom stereocenters. The van der Waals surface area contributed by atoms with Gasteiger partial charge < -0.3 is 15.1 Å². The lowest BCUT2D eigenvalue weighted by molar-refractivity contribution is -0.139. The molecule has 2 fully saturated rings. The second-order valence-corrected chi connectivity index (χ2v) is 7.04. The molecule has 28 heavy (non-hydrogen) atoms. The molecular formula is C20H20F2N4O2. The van der Waals surface area contributed by atoms with Crippen LogP contribution in [0.2, 0.25) is 0 Å². The zero-order chi connectivity index (χ0) is 19.7. The van der Waals surface area contributed by atoms with E-state index in [9.17, 15) is 18.4 Å². The highest BCUT2D eigenvalue weighted by atomic mass is 19.1. The number of piperazine rings is 1. The van der Waals surface area contributed by atoms with Gasteiger partial charge in [-0.3, -0.25) is 14.6 Å². The third kappa shape index (κ3) is 3.47. The highest BCUT2D eigenvalue weighted by Crippen LogP contribution is 2.31. The third-order valence-corrected chi connectivity index (χ3v) is 5.27. The van der Waals surface area contributed by atoms with E-state index in [-0.39, 0.29) is 36.5 Å². The standard InChI is InChI=1S/C20H20F2N4O2/c21-15-3-4-17(16(22)9-15)26-12-14(8-19(26)27)20(28)25-7-6-24-11-18(25)13-2-1-5-23-10-13/h1-5,9-10,14,18,24H,6-8,11-12H2. The zero-order valence-electron chi connectivity index (χ0n) is 15.1. The first-order chi connectivity index (χ1) is 13.5. The van der Waals surface area contributed by atoms with Crippen molar-refractivity contribution in [1.29, 1.82) is 0 Å². The minimum atomic E-state index is -0.808. The number of carbonyl (C=O) groups is 2. The number of aromatic nitrogens is 1. The molecule has 2 aliphatic heterocycles. The average Bonchev–Trinajstić information content (AvgIpc) is 3.09. The molecule has 0 bridgehead atoms. The summed E-state index contributed by atoms with van der Waals surface area (Å²) in [6.45, 7) is 1.88. The quantitative estimate of drug-likeness (QED) is 0.875. The predicted molar refractivity (Wildman–Crippen MR) is 98.4 cm³/mol. The number of amides is 2. The lowest BCUT2D eigenvalue weighted by Gasteiger charge is -2.37. The largest absolute Gasteiger partial charge is 0.333 e. The fraction of sp³-hybridized carbons (Fsp3) is 0.350. The Morgan fingerprint density at radius 3 is 2.86 bits per heavy atom. The van der Waals surface area contributed by atoms with E-state index in [1.54, 1.807) is 17.3 Å². The van der Waals surface area contributed by atoms with Gasteiger partial charge in [0.05, 0.1) is 17.6 Å². The molecule has 2 aliphatic rings. The van der Waals surface area contributed by atoms with E-state index < -0.39 is 17.6 Å². The van der Waals surface area contributed by atoms with Gasteiger partial charge in [-0.15, -0.1) is 0 Å². The van der Waals surface area contributed by atoms with Crippen molar-refractivity contribution in [2.45, 2.75) is 12.5 Å². The van der Waals surface area contributed by atoms with E-state index in [1.165, 1.54) is 11.0 Å². The van der Waals surface area contributed by atoms with Gasteiger partial charge in [0.25, 0.3) is 0 Å². The molecule has 2 atom stereocenters. The molecule has 0 spiro atoms. The molecule has 146 valence electrons. The van der Waals surface area contributed by atoms with E-state index in [0.29, 0.717) is 19.6 Å². The smallest absolute Gasteiger partial charge is 0.228 e. The van der Waals surface area contributed by atoms with Crippen LogP contribution < -0.4 is 10.2 Å². The van der Waals surface area contributed by atoms with E-state index in [0.717, 1.165) is 17.7 Å². The summed E-state index contributed by atoms with van der Waals surface area (Å²) < 4.78 is 27.3. The minimum absolute atomic E-state index is 0.00539. The number of halogens is 2. The lowest BCUT2D eigenvalue weighted by atomic mass is 10.0. The molecule has 8 heteroatoms. The third-order valence-electron chi connectivity index (χ3n) is 5.27. The van der Waals surface area contributed by atoms with Crippen LogP contribution in [0.3, 0.4) is 0 Å². The Hall–Kier alpha value is -2.87. The van der Waals surface area contributed by atoms with Gasteiger partial charge in [0.15, 0.2) is 0 Å². The number of pyridine rings is 1. The molecule has 4 rings (SSSR count). The number of rotatable bonds is 3. The molecule has 2 aromatic rings. The normalized spacial score (nSPS) is 22.6. The van der Waals surface area contributed by atoms with Crippen molar-refractivity contribution in [2.75, 3.05) is 31.1 Å². The van der Waals surface area contributed by atoms with Crippen LogP contribution >= 0.6 is 0 Å². The van der Waals surface area contributed by atoms with Crippen LogP contribution in [0.15, 0.2) is 42.7 Å². The second kappa shape index (κ2) is 7.63. The Morgan fingerprint density at radius 2 is 2.11 bits per heavy atom. The van der Waals surface area contributed by atoms with Crippen LogP contribution in [-0.2, 0) is 9.59 Å². The molecule has 1 aromatic carbocycles. The van der Waals surface area contributed by atoms with Crippen LogP contribution in [0.4, 0.5) is 14.5 Å². The molecule has 0 aliphatic carbocycles. The first kappa shape index (κ1) is 18.5. The number of benzene rings is 1. The van der Waals surface area contributed by atoms with Gasteiger partial charge in [-0.25, -0.2) is 8.78 Å². The number of carbonyl (C=O) groups excluding carboxylic acids is 2. The average molecular weight is 386 g/mol. The number of nitrogens with one attached hydrogen (secondary N) is 1. The van der Waals surface area contributed by atoms with E-state index >= 15 is 0 Å². The van der Waals surface area contributed by atoms with E-state index in [4.69, 9.17) is 0 Å². The van der Waals surface area contributed by atoms with Crippen molar-refractivity contribution in [3.8, 4) is 0 Å². The summed E-state index contributed by atoms with van der Waals surface area (Å²) in [6.07, 6.45) is 3.42. The van der Waals surface area contributed by atoms with Gasteiger partial charge >= 0.3 is 0 Å². The first-order valence-electron chi connectivity index (χ1n) is 9.21. The molecule has 2 amide bonds. The summed E-state index contributed by atoms with van der Waals surface area (Å²) >= 11 is 0. The van der Waals surface area contributed by atoms with Crippen LogP contribution in [0.5, 0.6) is 0 Å². The van der Waals surface area contributed by atoms with Crippen molar-refractivity contribution >= 4 is 17.5 Å². The summed E-state index contributed by atoms with van der Waals surface area (Å²) in [7, 11) is 0. The Labute approximate surface area is 161 Å². The highest BCUT2D eigenvalue weighted by Gasteiger charge is 2.40. The minimum Gasteiger partial charge on any atom is -0.333 e. The monoisotopic (exact) mass is 386 g/mol. The van der Waals surface area contributed by atoms with Gasteiger partial charge in [-0.1, -0.05) is 6.07 Å². The van der Waals surface area contributed by atoms with Crippen LogP contribution in [0.1, 0.15) is 18.0 Å². The van der Waals surface area contributed by atoms with Crippen LogP contribution in [0.25, 0.3) is 0 Å². The highest BCUT2D eigenvalue weighted by molar-refractivity contribution is 6.00. The Kier molecular flexibility index (Phi) is 5.04. The number of hydrogen-bond donors (Lipinski definition) is 1. The van der Waals surface area contributed by atoms with Gasteiger partial charge in [-0.2, -0.15) is 0 Å². The fourth-order valence-corrected chi connectivity index (χ4v) is 3.88. The van der Waals surface area contributed by atoms with Gasteiger partial charge in [0, 0.05) is 51.1 Å². The summed E-state index contributed by atoms with van der Waals surface area (Å²) in [5.41, 5.74) is 0.930. The summed E-state index contributed by atoms with van der Waals surface area (Å²) in [5, 5.41) is 3.28. The summed E-state index contributed by atoms with van der Waals surface area (Å²) in [6, 6.07) is 6.66. The number of nitrogens with zero attached hydrogens (tertiary/aromatic N) is 3. The van der Waals surface area contributed by atoms with Crippen LogP contribution in [0, 0.1) is 17.6 Å². The maximum absolute atomic E-state index is 14.1. The van der Waals surface area contributed by atoms with Gasteiger partial charge in [0.1, 0.15) is 11.6 Å². The van der Waals surface area contributed by atoms with Crippen molar-refractivity contribution < 1.29 is 18.4 Å². The van der Waals surface area contributed by atoms with E-state index in [2.05, 4.69) is 10.3 Å². The zero-order valence-corrected chi connectivity index (χ0v) is 15.1. The fourth-order valence-electron chi connectivity index (χ4n) is 3.88. The Morgan fingerprint density at radius 1 is 1.25 bits per heavy atom. The maximum atomic E-state index is 14.1. The molecule has 2 saturated heterocycles. The first-order valence-corrected chi connectivity index (χ1v) is 9.21. The number of anilines is 1. The Bertz CT molecular complexity index is 893. The molecule has 0 saturated carbocycles. The molecule has 6 nitrogen and oxygen atoms in total. The number of hydrogen-bond acceptors (Lipinski definition) is 4. The van der Waals surface area contributed by atoms with E-state index in [1.807, 2.05) is 12.1 Å². The predicted octanol–water partition coefficient (Wildman–Crippen LogP) is 1.89. The van der Waals surface area contributed by atoms with Crippen molar-refractivity contribution in [3.63, 3.8) is 0 Å². The molecular weight excluding hydrogens is 366 g/mol. The van der Waals surface area contributed by atoms with Crippen molar-refractivity contribution in [3.05, 3.63) is 59.9 Å². The van der Waals surface area contributed by atoms with Crippen molar-refractivity contribution in [2.24, 2.45) is 5.92 Å². The lowest BCUT2D eigenvalue weighted by Crippen LogP contribution is -2.50. The van der Waals surface area contributed by atoms with Crippen molar-refractivity contribution in [1.82, 2.24) is 15.2 Å². The topological polar surface area (TPSA) is 65.5 Å². The SMILES string of the molecule is O=C1CC(C(=O)N2CCNCC2c2cccnc2)CN1c1ccc(F)cc1F.